The van der Waals surface area contributed by atoms with Crippen LogP contribution < -0.4 is 11.1 Å². The van der Waals surface area contributed by atoms with Crippen LogP contribution in [0.3, 0.4) is 0 Å². The Kier molecular flexibility index (Phi) is 3.98. The number of hydrogen-bond donors (Lipinski definition) is 2. The molecule has 1 fully saturated rings. The van der Waals surface area contributed by atoms with E-state index in [-0.39, 0.29) is 23.9 Å². The Morgan fingerprint density at radius 3 is 2.86 bits per heavy atom. The smallest absolute Gasteiger partial charge is 0.323 e. The van der Waals surface area contributed by atoms with Crippen molar-refractivity contribution in [3.63, 3.8) is 0 Å². The molecule has 0 spiro atoms. The molecule has 6 nitrogen and oxygen atoms in total. The van der Waals surface area contributed by atoms with Gasteiger partial charge in [0.2, 0.25) is 5.91 Å². The maximum absolute atomic E-state index is 12.5. The average molecular weight is 318 g/mol. The molecular formula is C15H18N4O2S. The summed E-state index contributed by atoms with van der Waals surface area (Å²) in [5.74, 6) is -0.609. The molecule has 0 saturated carbocycles. The summed E-state index contributed by atoms with van der Waals surface area (Å²) < 4.78 is 1.03. The second-order valence-electron chi connectivity index (χ2n) is 5.59. The van der Waals surface area contributed by atoms with Crippen LogP contribution in [-0.4, -0.2) is 34.4 Å². The van der Waals surface area contributed by atoms with Crippen LogP contribution in [0.1, 0.15) is 19.8 Å². The zero-order valence-corrected chi connectivity index (χ0v) is 13.1. The van der Waals surface area contributed by atoms with Gasteiger partial charge in [-0.1, -0.05) is 23.5 Å². The highest BCUT2D eigenvalue weighted by atomic mass is 32.1. The molecule has 3 amide bonds. The molecule has 3 rings (SSSR count). The number of amides is 3. The third-order valence-electron chi connectivity index (χ3n) is 4.05. The average Bonchev–Trinajstić information content (AvgIpc) is 2.89. The Morgan fingerprint density at radius 2 is 2.14 bits per heavy atom. The number of carbonyl (C=O) groups excluding carboxylic acids is 2. The van der Waals surface area contributed by atoms with Crippen molar-refractivity contribution in [1.82, 2.24) is 9.88 Å². The van der Waals surface area contributed by atoms with E-state index in [0.29, 0.717) is 11.7 Å². The predicted octanol–water partition coefficient (Wildman–Crippen LogP) is 2.41. The molecule has 0 radical (unpaired) electrons. The molecule has 1 aromatic carbocycles. The van der Waals surface area contributed by atoms with Gasteiger partial charge in [0.15, 0.2) is 5.13 Å². The number of anilines is 1. The molecule has 1 aliphatic heterocycles. The maximum atomic E-state index is 12.5. The van der Waals surface area contributed by atoms with Crippen LogP contribution in [-0.2, 0) is 4.79 Å². The number of para-hydroxylation sites is 1. The Bertz CT molecular complexity index is 681. The van der Waals surface area contributed by atoms with E-state index in [0.717, 1.165) is 23.1 Å². The number of nitrogens with two attached hydrogens (primary N) is 1. The Hall–Kier alpha value is -2.15. The minimum absolute atomic E-state index is 0.0879. The number of rotatable bonds is 2. The molecule has 0 unspecified atom stereocenters. The van der Waals surface area contributed by atoms with Gasteiger partial charge in [0.25, 0.3) is 0 Å². The summed E-state index contributed by atoms with van der Waals surface area (Å²) in [5.41, 5.74) is 6.24. The number of benzene rings is 1. The minimum atomic E-state index is -0.343. The third kappa shape index (κ3) is 2.89. The van der Waals surface area contributed by atoms with Crippen molar-refractivity contribution in [3.05, 3.63) is 24.3 Å². The summed E-state index contributed by atoms with van der Waals surface area (Å²) in [7, 11) is 0. The molecule has 22 heavy (non-hydrogen) atoms. The molecule has 7 heteroatoms. The Balaban J connectivity index is 1.73. The fraction of sp³-hybridized carbons (Fsp3) is 0.400. The van der Waals surface area contributed by atoms with Crippen molar-refractivity contribution in [2.45, 2.75) is 25.8 Å². The lowest BCUT2D eigenvalue weighted by Gasteiger charge is -2.36. The maximum Gasteiger partial charge on any atom is 0.323 e. The second-order valence-corrected chi connectivity index (χ2v) is 6.63. The molecule has 2 aromatic rings. The summed E-state index contributed by atoms with van der Waals surface area (Å²) in [6.07, 6.45) is 1.52. The number of hydrogen-bond acceptors (Lipinski definition) is 4. The van der Waals surface area contributed by atoms with Gasteiger partial charge in [-0.2, -0.15) is 0 Å². The van der Waals surface area contributed by atoms with Gasteiger partial charge in [-0.25, -0.2) is 9.78 Å². The first kappa shape index (κ1) is 14.8. The molecule has 1 aliphatic rings. The van der Waals surface area contributed by atoms with Crippen LogP contribution in [0.15, 0.2) is 24.3 Å². The lowest BCUT2D eigenvalue weighted by atomic mass is 9.93. The van der Waals surface area contributed by atoms with Crippen LogP contribution in [0, 0.1) is 5.92 Å². The molecule has 116 valence electrons. The van der Waals surface area contributed by atoms with Crippen molar-refractivity contribution in [3.8, 4) is 0 Å². The highest BCUT2D eigenvalue weighted by Gasteiger charge is 2.31. The second kappa shape index (κ2) is 5.92. The molecule has 1 saturated heterocycles. The highest BCUT2D eigenvalue weighted by molar-refractivity contribution is 7.22. The number of aromatic nitrogens is 1. The number of primary amides is 1. The van der Waals surface area contributed by atoms with Crippen molar-refractivity contribution in [2.75, 3.05) is 11.9 Å². The van der Waals surface area contributed by atoms with Crippen molar-refractivity contribution in [2.24, 2.45) is 11.7 Å². The normalized spacial score (nSPS) is 21.8. The number of nitrogens with one attached hydrogen (secondary N) is 1. The Labute approximate surface area is 132 Å². The van der Waals surface area contributed by atoms with E-state index in [4.69, 9.17) is 5.73 Å². The lowest BCUT2D eigenvalue weighted by Crippen LogP contribution is -2.50. The van der Waals surface area contributed by atoms with Gasteiger partial charge in [0.05, 0.1) is 16.1 Å². The summed E-state index contributed by atoms with van der Waals surface area (Å²) in [5, 5.41) is 3.40. The van der Waals surface area contributed by atoms with Crippen LogP contribution in [0.25, 0.3) is 10.2 Å². The standard InChI is InChI=1S/C15H18N4O2S/c1-9-6-7-10(13(16)20)8-19(9)15(21)18-14-17-11-4-2-3-5-12(11)22-14/h2-5,9-10H,6-8H2,1H3,(H2,16,20)(H,17,18,21)/t9-,10-/m0/s1. The molecule has 1 aromatic heterocycles. The van der Waals surface area contributed by atoms with Gasteiger partial charge in [-0.15, -0.1) is 0 Å². The van der Waals surface area contributed by atoms with Crippen LogP contribution in [0.4, 0.5) is 9.93 Å². The molecule has 3 N–H and O–H groups in total. The van der Waals surface area contributed by atoms with E-state index in [1.54, 1.807) is 4.90 Å². The summed E-state index contributed by atoms with van der Waals surface area (Å²) in [4.78, 5) is 29.9. The van der Waals surface area contributed by atoms with E-state index in [2.05, 4.69) is 10.3 Å². The fourth-order valence-corrected chi connectivity index (χ4v) is 3.57. The zero-order chi connectivity index (χ0) is 15.7. The largest absolute Gasteiger partial charge is 0.369 e. The first-order chi connectivity index (χ1) is 10.5. The highest BCUT2D eigenvalue weighted by Crippen LogP contribution is 2.27. The van der Waals surface area contributed by atoms with Gasteiger partial charge in [-0.3, -0.25) is 10.1 Å². The quantitative estimate of drug-likeness (QED) is 0.891. The van der Waals surface area contributed by atoms with E-state index < -0.39 is 0 Å². The third-order valence-corrected chi connectivity index (χ3v) is 5.00. The van der Waals surface area contributed by atoms with E-state index >= 15 is 0 Å². The van der Waals surface area contributed by atoms with Crippen molar-refractivity contribution >= 4 is 38.6 Å². The summed E-state index contributed by atoms with van der Waals surface area (Å²) >= 11 is 1.44. The minimum Gasteiger partial charge on any atom is -0.369 e. The van der Waals surface area contributed by atoms with Crippen LogP contribution >= 0.6 is 11.3 Å². The molecule has 2 atom stereocenters. The topological polar surface area (TPSA) is 88.3 Å². The van der Waals surface area contributed by atoms with Gasteiger partial charge < -0.3 is 10.6 Å². The number of thiazole rings is 1. The predicted molar refractivity (Wildman–Crippen MR) is 86.7 cm³/mol. The molecular weight excluding hydrogens is 300 g/mol. The number of urea groups is 1. The van der Waals surface area contributed by atoms with Crippen LogP contribution in [0.5, 0.6) is 0 Å². The van der Waals surface area contributed by atoms with Gasteiger partial charge in [0, 0.05) is 12.6 Å². The molecule has 0 bridgehead atoms. The molecule has 2 heterocycles. The summed E-state index contributed by atoms with van der Waals surface area (Å²) in [6.45, 7) is 2.35. The number of piperidine rings is 1. The molecule has 0 aliphatic carbocycles. The monoisotopic (exact) mass is 318 g/mol. The first-order valence-corrected chi connectivity index (χ1v) is 8.09. The number of nitrogens with zero attached hydrogens (tertiary/aromatic N) is 2. The SMILES string of the molecule is C[C@H]1CC[C@H](C(N)=O)CN1C(=O)Nc1nc2ccccc2s1. The van der Waals surface area contributed by atoms with E-state index in [1.807, 2.05) is 31.2 Å². The van der Waals surface area contributed by atoms with Gasteiger partial charge in [-0.05, 0) is 31.9 Å². The first-order valence-electron chi connectivity index (χ1n) is 7.27. The zero-order valence-electron chi connectivity index (χ0n) is 12.3. The number of fused-ring (bicyclic) bond motifs is 1. The van der Waals surface area contributed by atoms with E-state index in [9.17, 15) is 9.59 Å². The van der Waals surface area contributed by atoms with Crippen molar-refractivity contribution < 1.29 is 9.59 Å². The van der Waals surface area contributed by atoms with Gasteiger partial charge >= 0.3 is 6.03 Å². The lowest BCUT2D eigenvalue weighted by molar-refractivity contribution is -0.123. The van der Waals surface area contributed by atoms with Crippen molar-refractivity contribution in [1.29, 1.82) is 0 Å². The van der Waals surface area contributed by atoms with E-state index in [1.165, 1.54) is 11.3 Å². The number of carbonyl (C=O) groups is 2. The Morgan fingerprint density at radius 1 is 1.36 bits per heavy atom. The fourth-order valence-electron chi connectivity index (χ4n) is 2.71. The number of likely N-dealkylation sites (tertiary alicyclic amines) is 1. The van der Waals surface area contributed by atoms with Crippen LogP contribution in [0.2, 0.25) is 0 Å². The summed E-state index contributed by atoms with van der Waals surface area (Å²) in [6, 6.07) is 7.60. The van der Waals surface area contributed by atoms with Gasteiger partial charge in [0.1, 0.15) is 0 Å².